The molecule has 0 aliphatic heterocycles. The molecule has 1 aliphatic carbocycles. The zero-order chi connectivity index (χ0) is 13.0. The first-order valence-corrected chi connectivity index (χ1v) is 7.16. The molecule has 0 radical (unpaired) electrons. The molecule has 0 amide bonds. The number of rotatable bonds is 6. The average Bonchev–Trinajstić information content (AvgIpc) is 2.27. The summed E-state index contributed by atoms with van der Waals surface area (Å²) in [5.74, 6) is 1.31. The Bertz CT molecular complexity index is 371. The number of hydrogen-bond donors (Lipinski definition) is 2. The number of hydrogen-bond acceptors (Lipinski definition) is 2. The predicted molar refractivity (Wildman–Crippen MR) is 75.7 cm³/mol. The largest absolute Gasteiger partial charge is 0.387 e. The normalized spacial score (nSPS) is 17.8. The van der Waals surface area contributed by atoms with Crippen LogP contribution in [0.5, 0.6) is 0 Å². The molecule has 1 aromatic carbocycles. The van der Waals surface area contributed by atoms with E-state index in [-0.39, 0.29) is 6.10 Å². The molecule has 0 spiro atoms. The summed E-state index contributed by atoms with van der Waals surface area (Å²) < 4.78 is 0. The second-order valence-corrected chi connectivity index (χ2v) is 5.82. The van der Waals surface area contributed by atoms with Crippen LogP contribution in [-0.2, 0) is 0 Å². The lowest BCUT2D eigenvalue weighted by Gasteiger charge is -2.29. The quantitative estimate of drug-likeness (QED) is 0.809. The SMILES string of the molecule is CC(C)CNCC(O)c1ccccc1C1CCC1. The molecule has 0 aromatic heterocycles. The Hall–Kier alpha value is -0.860. The summed E-state index contributed by atoms with van der Waals surface area (Å²) in [4.78, 5) is 0. The summed E-state index contributed by atoms with van der Waals surface area (Å²) in [7, 11) is 0. The highest BCUT2D eigenvalue weighted by molar-refractivity contribution is 5.33. The first-order valence-electron chi connectivity index (χ1n) is 7.16. The van der Waals surface area contributed by atoms with Gasteiger partial charge in [0.2, 0.25) is 0 Å². The minimum atomic E-state index is -0.374. The summed E-state index contributed by atoms with van der Waals surface area (Å²) in [5, 5.41) is 13.7. The van der Waals surface area contributed by atoms with Crippen molar-refractivity contribution < 1.29 is 5.11 Å². The summed E-state index contributed by atoms with van der Waals surface area (Å²) in [6.45, 7) is 5.98. The van der Waals surface area contributed by atoms with Gasteiger partial charge in [0.05, 0.1) is 6.10 Å². The van der Waals surface area contributed by atoms with Gasteiger partial charge in [0.25, 0.3) is 0 Å². The predicted octanol–water partition coefficient (Wildman–Crippen LogP) is 3.23. The second kappa shape index (κ2) is 6.35. The van der Waals surface area contributed by atoms with Crippen molar-refractivity contribution in [2.24, 2.45) is 5.92 Å². The molecule has 1 saturated carbocycles. The average molecular weight is 247 g/mol. The van der Waals surface area contributed by atoms with Crippen molar-refractivity contribution in [1.82, 2.24) is 5.32 Å². The van der Waals surface area contributed by atoms with Gasteiger partial charge in [-0.1, -0.05) is 44.5 Å². The minimum Gasteiger partial charge on any atom is -0.387 e. The molecular formula is C16H25NO. The zero-order valence-electron chi connectivity index (χ0n) is 11.5. The fourth-order valence-electron chi connectivity index (χ4n) is 2.52. The van der Waals surface area contributed by atoms with Gasteiger partial charge in [-0.05, 0) is 42.3 Å². The molecule has 0 bridgehead atoms. The van der Waals surface area contributed by atoms with Crippen molar-refractivity contribution in [3.8, 4) is 0 Å². The van der Waals surface area contributed by atoms with Crippen molar-refractivity contribution in [3.05, 3.63) is 35.4 Å². The monoisotopic (exact) mass is 247 g/mol. The van der Waals surface area contributed by atoms with Gasteiger partial charge in [0.1, 0.15) is 0 Å². The molecule has 1 unspecified atom stereocenters. The molecule has 1 atom stereocenters. The van der Waals surface area contributed by atoms with E-state index in [0.717, 1.165) is 12.1 Å². The van der Waals surface area contributed by atoms with Crippen LogP contribution in [0, 0.1) is 5.92 Å². The molecule has 2 nitrogen and oxygen atoms in total. The van der Waals surface area contributed by atoms with Gasteiger partial charge in [-0.15, -0.1) is 0 Å². The molecule has 2 rings (SSSR count). The number of aliphatic hydroxyl groups excluding tert-OH is 1. The summed E-state index contributed by atoms with van der Waals surface area (Å²) in [6.07, 6.45) is 3.52. The van der Waals surface area contributed by atoms with Gasteiger partial charge >= 0.3 is 0 Å². The Labute approximate surface area is 110 Å². The van der Waals surface area contributed by atoms with Crippen LogP contribution >= 0.6 is 0 Å². The third-order valence-electron chi connectivity index (χ3n) is 3.79. The maximum atomic E-state index is 10.3. The van der Waals surface area contributed by atoms with E-state index in [9.17, 15) is 5.11 Å². The standard InChI is InChI=1S/C16H25NO/c1-12(2)10-17-11-16(18)15-9-4-3-8-14(15)13-6-5-7-13/h3-4,8-9,12-13,16-18H,5-7,10-11H2,1-2H3. The van der Waals surface area contributed by atoms with E-state index in [1.807, 2.05) is 6.07 Å². The Morgan fingerprint density at radius 2 is 1.94 bits per heavy atom. The maximum absolute atomic E-state index is 10.3. The lowest BCUT2D eigenvalue weighted by atomic mass is 9.77. The van der Waals surface area contributed by atoms with E-state index >= 15 is 0 Å². The van der Waals surface area contributed by atoms with Crippen LogP contribution in [0.3, 0.4) is 0 Å². The lowest BCUT2D eigenvalue weighted by Crippen LogP contribution is -2.26. The number of benzene rings is 1. The fourth-order valence-corrected chi connectivity index (χ4v) is 2.52. The van der Waals surface area contributed by atoms with E-state index in [1.54, 1.807) is 0 Å². The van der Waals surface area contributed by atoms with E-state index in [1.165, 1.54) is 24.8 Å². The number of aliphatic hydroxyl groups is 1. The highest BCUT2D eigenvalue weighted by Crippen LogP contribution is 2.39. The van der Waals surface area contributed by atoms with Crippen LogP contribution in [0.25, 0.3) is 0 Å². The van der Waals surface area contributed by atoms with Crippen molar-refractivity contribution in [3.63, 3.8) is 0 Å². The Morgan fingerprint density at radius 1 is 1.22 bits per heavy atom. The smallest absolute Gasteiger partial charge is 0.0917 e. The maximum Gasteiger partial charge on any atom is 0.0917 e. The zero-order valence-corrected chi connectivity index (χ0v) is 11.5. The van der Waals surface area contributed by atoms with Crippen LogP contribution in [0.15, 0.2) is 24.3 Å². The molecule has 1 fully saturated rings. The molecular weight excluding hydrogens is 222 g/mol. The van der Waals surface area contributed by atoms with Crippen LogP contribution in [0.4, 0.5) is 0 Å². The van der Waals surface area contributed by atoms with E-state index < -0.39 is 0 Å². The van der Waals surface area contributed by atoms with Gasteiger partial charge in [-0.25, -0.2) is 0 Å². The van der Waals surface area contributed by atoms with Crippen molar-refractivity contribution in [1.29, 1.82) is 0 Å². The number of nitrogens with one attached hydrogen (secondary N) is 1. The van der Waals surface area contributed by atoms with Gasteiger partial charge in [0.15, 0.2) is 0 Å². The lowest BCUT2D eigenvalue weighted by molar-refractivity contribution is 0.171. The highest BCUT2D eigenvalue weighted by Gasteiger charge is 2.23. The molecule has 2 heteroatoms. The molecule has 0 saturated heterocycles. The molecule has 0 heterocycles. The third kappa shape index (κ3) is 3.33. The van der Waals surface area contributed by atoms with Gasteiger partial charge in [-0.2, -0.15) is 0 Å². The Kier molecular flexibility index (Phi) is 4.79. The van der Waals surface area contributed by atoms with Gasteiger partial charge in [0, 0.05) is 6.54 Å². The van der Waals surface area contributed by atoms with Crippen molar-refractivity contribution >= 4 is 0 Å². The topological polar surface area (TPSA) is 32.3 Å². The van der Waals surface area contributed by atoms with E-state index in [4.69, 9.17) is 0 Å². The molecule has 18 heavy (non-hydrogen) atoms. The summed E-state index contributed by atoms with van der Waals surface area (Å²) in [6, 6.07) is 8.38. The molecule has 1 aromatic rings. The minimum absolute atomic E-state index is 0.374. The summed E-state index contributed by atoms with van der Waals surface area (Å²) in [5.41, 5.74) is 2.49. The van der Waals surface area contributed by atoms with Crippen LogP contribution in [0.1, 0.15) is 56.3 Å². The fraction of sp³-hybridized carbons (Fsp3) is 0.625. The molecule has 100 valence electrons. The van der Waals surface area contributed by atoms with Gasteiger partial charge in [-0.3, -0.25) is 0 Å². The van der Waals surface area contributed by atoms with Crippen LogP contribution in [0.2, 0.25) is 0 Å². The highest BCUT2D eigenvalue weighted by atomic mass is 16.3. The third-order valence-corrected chi connectivity index (χ3v) is 3.79. The van der Waals surface area contributed by atoms with Crippen LogP contribution < -0.4 is 5.32 Å². The van der Waals surface area contributed by atoms with Crippen molar-refractivity contribution in [2.45, 2.75) is 45.1 Å². The van der Waals surface area contributed by atoms with Crippen molar-refractivity contribution in [2.75, 3.05) is 13.1 Å². The Balaban J connectivity index is 1.98. The van der Waals surface area contributed by atoms with E-state index in [2.05, 4.69) is 37.4 Å². The van der Waals surface area contributed by atoms with E-state index in [0.29, 0.717) is 18.4 Å². The van der Waals surface area contributed by atoms with Gasteiger partial charge < -0.3 is 10.4 Å². The summed E-state index contributed by atoms with van der Waals surface area (Å²) >= 11 is 0. The van der Waals surface area contributed by atoms with Crippen LogP contribution in [-0.4, -0.2) is 18.2 Å². The molecule has 1 aliphatic rings. The second-order valence-electron chi connectivity index (χ2n) is 5.82. The first-order chi connectivity index (χ1) is 8.68. The Morgan fingerprint density at radius 3 is 2.56 bits per heavy atom. The first kappa shape index (κ1) is 13.6. The molecule has 2 N–H and O–H groups in total.